The number of imidazole rings is 1. The van der Waals surface area contributed by atoms with E-state index in [2.05, 4.69) is 25.6 Å². The van der Waals surface area contributed by atoms with E-state index in [-0.39, 0.29) is 23.9 Å². The van der Waals surface area contributed by atoms with E-state index >= 15 is 0 Å². The Morgan fingerprint density at radius 2 is 1.83 bits per heavy atom. The minimum Gasteiger partial charge on any atom is -0.481 e. The molecular weight excluding hydrogens is 461 g/mol. The van der Waals surface area contributed by atoms with Crippen molar-refractivity contribution in [2.45, 2.75) is 70.9 Å². The molecule has 8 nitrogen and oxygen atoms in total. The molecule has 1 aromatic carbocycles. The summed E-state index contributed by atoms with van der Waals surface area (Å²) in [5.41, 5.74) is 0.466. The van der Waals surface area contributed by atoms with Crippen LogP contribution in [-0.2, 0) is 4.79 Å². The van der Waals surface area contributed by atoms with Crippen LogP contribution in [0.1, 0.15) is 64.8 Å². The Morgan fingerprint density at radius 3 is 2.43 bits per heavy atom. The molecule has 1 saturated carbocycles. The molecule has 2 heterocycles. The van der Waals surface area contributed by atoms with Gasteiger partial charge in [-0.3, -0.25) is 9.36 Å². The number of benzene rings is 1. The number of anilines is 3. The summed E-state index contributed by atoms with van der Waals surface area (Å²) >= 11 is 0. The van der Waals surface area contributed by atoms with Crippen LogP contribution in [0.4, 0.5) is 30.8 Å². The molecule has 3 aromatic rings. The van der Waals surface area contributed by atoms with Gasteiger partial charge in [-0.15, -0.1) is 0 Å². The second-order valence-corrected chi connectivity index (χ2v) is 8.96. The minimum atomic E-state index is -1.06. The van der Waals surface area contributed by atoms with Crippen LogP contribution >= 0.6 is 0 Å². The van der Waals surface area contributed by atoms with Crippen LogP contribution in [0, 0.1) is 23.4 Å². The van der Waals surface area contributed by atoms with Crippen molar-refractivity contribution in [1.82, 2.24) is 19.5 Å². The molecule has 3 N–H and O–H groups in total. The first-order valence-electron chi connectivity index (χ1n) is 12.0. The lowest BCUT2D eigenvalue weighted by Gasteiger charge is -2.26. The van der Waals surface area contributed by atoms with Crippen molar-refractivity contribution in [3.05, 3.63) is 35.8 Å². The van der Waals surface area contributed by atoms with E-state index in [4.69, 9.17) is 0 Å². The third kappa shape index (κ3) is 5.33. The molecule has 0 spiro atoms. The molecule has 4 rings (SSSR count). The molecule has 0 unspecified atom stereocenters. The van der Waals surface area contributed by atoms with E-state index < -0.39 is 29.1 Å². The van der Waals surface area contributed by atoms with Crippen molar-refractivity contribution >= 4 is 34.7 Å². The first kappa shape index (κ1) is 24.7. The van der Waals surface area contributed by atoms with Crippen LogP contribution in [0.2, 0.25) is 0 Å². The Bertz CT molecular complexity index is 1190. The lowest BCUT2D eigenvalue weighted by molar-refractivity contribution is -0.142. The van der Waals surface area contributed by atoms with E-state index in [1.54, 1.807) is 6.20 Å². The molecule has 1 fully saturated rings. The molecule has 0 radical (unpaired) electrons. The highest BCUT2D eigenvalue weighted by Gasteiger charge is 2.27. The van der Waals surface area contributed by atoms with Crippen molar-refractivity contribution in [2.75, 3.05) is 10.6 Å². The average molecular weight is 491 g/mol. The van der Waals surface area contributed by atoms with Gasteiger partial charge in [0.25, 0.3) is 0 Å². The summed E-state index contributed by atoms with van der Waals surface area (Å²) in [5.74, 6) is -3.63. The number of carboxylic acids is 1. The molecule has 35 heavy (non-hydrogen) atoms. The van der Waals surface area contributed by atoms with Crippen molar-refractivity contribution in [1.29, 1.82) is 0 Å². The first-order chi connectivity index (χ1) is 16.8. The number of carboxylic acid groups (broad SMARTS) is 1. The fourth-order valence-corrected chi connectivity index (χ4v) is 4.68. The number of rotatable bonds is 9. The molecular formula is C24H29F3N6O2. The van der Waals surface area contributed by atoms with Crippen LogP contribution in [0.3, 0.4) is 0 Å². The second kappa shape index (κ2) is 10.5. The zero-order valence-electron chi connectivity index (χ0n) is 19.7. The molecule has 2 aromatic heterocycles. The standard InChI is InChI=1S/C24H29F3N6O2/c1-3-5-16(4-2)33-21-19(30-24(33)31-20-17(26)10-14(25)11-18(20)27)12-28-23(32-21)29-15-8-6-13(7-9-15)22(34)35/h10-13,15-16H,3-9H2,1-2H3,(H,30,31)(H,34,35)(H,28,29,32)/t13-,15-,16-/m0/s1. The Hall–Kier alpha value is -3.37. The zero-order chi connectivity index (χ0) is 25.1. The van der Waals surface area contributed by atoms with Crippen molar-refractivity contribution < 1.29 is 23.1 Å². The smallest absolute Gasteiger partial charge is 0.306 e. The molecule has 1 aliphatic carbocycles. The van der Waals surface area contributed by atoms with Gasteiger partial charge in [0.05, 0.1) is 12.1 Å². The van der Waals surface area contributed by atoms with Crippen LogP contribution in [0.25, 0.3) is 11.2 Å². The lowest BCUT2D eigenvalue weighted by atomic mass is 9.86. The molecule has 0 saturated heterocycles. The minimum absolute atomic E-state index is 0.0483. The largest absolute Gasteiger partial charge is 0.481 e. The summed E-state index contributed by atoms with van der Waals surface area (Å²) in [6.07, 6.45) is 6.51. The maximum atomic E-state index is 14.4. The van der Waals surface area contributed by atoms with E-state index in [1.807, 2.05) is 18.4 Å². The van der Waals surface area contributed by atoms with Gasteiger partial charge in [-0.25, -0.2) is 23.1 Å². The third-order valence-corrected chi connectivity index (χ3v) is 6.54. The highest BCUT2D eigenvalue weighted by atomic mass is 19.1. The van der Waals surface area contributed by atoms with Crippen molar-refractivity contribution in [3.63, 3.8) is 0 Å². The second-order valence-electron chi connectivity index (χ2n) is 8.96. The average Bonchev–Trinajstić information content (AvgIpc) is 3.17. The van der Waals surface area contributed by atoms with Gasteiger partial charge in [0.2, 0.25) is 11.9 Å². The Balaban J connectivity index is 1.68. The predicted octanol–water partition coefficient (Wildman–Crippen LogP) is 5.79. The maximum absolute atomic E-state index is 14.4. The van der Waals surface area contributed by atoms with Crippen LogP contribution in [0.5, 0.6) is 0 Å². The van der Waals surface area contributed by atoms with Gasteiger partial charge < -0.3 is 15.7 Å². The number of hydrogen-bond donors (Lipinski definition) is 3. The number of nitrogens with one attached hydrogen (secondary N) is 2. The summed E-state index contributed by atoms with van der Waals surface area (Å²) < 4.78 is 43.9. The van der Waals surface area contributed by atoms with Gasteiger partial charge in [0.15, 0.2) is 17.3 Å². The highest BCUT2D eigenvalue weighted by Crippen LogP contribution is 2.32. The number of hydrogen-bond acceptors (Lipinski definition) is 6. The number of carbonyl (C=O) groups is 1. The van der Waals surface area contributed by atoms with Gasteiger partial charge >= 0.3 is 5.97 Å². The van der Waals surface area contributed by atoms with Crippen LogP contribution in [0.15, 0.2) is 18.3 Å². The summed E-state index contributed by atoms with van der Waals surface area (Å²) in [4.78, 5) is 24.7. The Labute approximate surface area is 201 Å². The van der Waals surface area contributed by atoms with E-state index in [0.29, 0.717) is 54.9 Å². The van der Waals surface area contributed by atoms with Crippen LogP contribution in [-0.4, -0.2) is 36.6 Å². The maximum Gasteiger partial charge on any atom is 0.306 e. The van der Waals surface area contributed by atoms with Gasteiger partial charge in [0.1, 0.15) is 17.0 Å². The molecule has 188 valence electrons. The van der Waals surface area contributed by atoms with Crippen molar-refractivity contribution in [3.8, 4) is 0 Å². The summed E-state index contributed by atoms with van der Waals surface area (Å²) in [5, 5.41) is 15.2. The number of aromatic nitrogens is 4. The van der Waals surface area contributed by atoms with E-state index in [1.165, 1.54) is 0 Å². The number of nitrogens with zero attached hydrogens (tertiary/aromatic N) is 4. The Kier molecular flexibility index (Phi) is 7.42. The predicted molar refractivity (Wildman–Crippen MR) is 126 cm³/mol. The fourth-order valence-electron chi connectivity index (χ4n) is 4.68. The molecule has 0 aliphatic heterocycles. The molecule has 0 bridgehead atoms. The zero-order valence-corrected chi connectivity index (χ0v) is 19.7. The number of halogens is 3. The third-order valence-electron chi connectivity index (χ3n) is 6.54. The van der Waals surface area contributed by atoms with Crippen LogP contribution < -0.4 is 10.6 Å². The van der Waals surface area contributed by atoms with E-state index in [9.17, 15) is 23.1 Å². The molecule has 1 atom stereocenters. The fraction of sp³-hybridized carbons (Fsp3) is 0.500. The number of fused-ring (bicyclic) bond motifs is 1. The summed E-state index contributed by atoms with van der Waals surface area (Å²) in [6, 6.07) is 1.23. The summed E-state index contributed by atoms with van der Waals surface area (Å²) in [7, 11) is 0. The van der Waals surface area contributed by atoms with Gasteiger partial charge in [-0.05, 0) is 38.5 Å². The monoisotopic (exact) mass is 490 g/mol. The van der Waals surface area contributed by atoms with Gasteiger partial charge in [-0.2, -0.15) is 4.98 Å². The SMILES string of the molecule is CCC[C@H](CC)n1c(Nc2c(F)cc(F)cc2F)nc2cnc(N[C@H]3CC[C@H](C(=O)O)CC3)nc21. The summed E-state index contributed by atoms with van der Waals surface area (Å²) in [6.45, 7) is 4.06. The molecule has 11 heteroatoms. The highest BCUT2D eigenvalue weighted by molar-refractivity contribution is 5.77. The van der Waals surface area contributed by atoms with Crippen molar-refractivity contribution in [2.24, 2.45) is 5.92 Å². The molecule has 1 aliphatic rings. The van der Waals surface area contributed by atoms with Gasteiger partial charge in [-0.1, -0.05) is 20.3 Å². The number of aliphatic carboxylic acids is 1. The quantitative estimate of drug-likeness (QED) is 0.348. The molecule has 0 amide bonds. The first-order valence-corrected chi connectivity index (χ1v) is 12.0. The van der Waals surface area contributed by atoms with E-state index in [0.717, 1.165) is 19.3 Å². The normalized spacial score (nSPS) is 19.0. The Morgan fingerprint density at radius 1 is 1.14 bits per heavy atom. The topological polar surface area (TPSA) is 105 Å². The van der Waals surface area contributed by atoms with Gasteiger partial charge in [0, 0.05) is 24.2 Å². The lowest BCUT2D eigenvalue weighted by Crippen LogP contribution is -2.29.